The molecule has 1 aromatic rings. The van der Waals surface area contributed by atoms with Crippen molar-refractivity contribution in [2.45, 2.75) is 18.6 Å². The highest BCUT2D eigenvalue weighted by atomic mass is 19.4. The summed E-state index contributed by atoms with van der Waals surface area (Å²) < 4.78 is 39.1. The molecule has 0 radical (unpaired) electrons. The van der Waals surface area contributed by atoms with Crippen molar-refractivity contribution in [3.63, 3.8) is 0 Å². The van der Waals surface area contributed by atoms with Crippen LogP contribution >= 0.6 is 0 Å². The first kappa shape index (κ1) is 16.5. The Morgan fingerprint density at radius 1 is 1.21 bits per heavy atom. The molecule has 0 spiro atoms. The largest absolute Gasteiger partial charge is 0.417 e. The van der Waals surface area contributed by atoms with E-state index in [-0.39, 0.29) is 12.0 Å². The van der Waals surface area contributed by atoms with Crippen molar-refractivity contribution in [2.75, 3.05) is 31.1 Å². The van der Waals surface area contributed by atoms with Crippen LogP contribution in [0.25, 0.3) is 0 Å². The van der Waals surface area contributed by atoms with E-state index in [2.05, 4.69) is 20.9 Å². The number of nitrogens with zero attached hydrogens (tertiary/aromatic N) is 2. The smallest absolute Gasteiger partial charge is 0.354 e. The van der Waals surface area contributed by atoms with E-state index in [0.717, 1.165) is 12.3 Å². The Bertz CT molecular complexity index is 642. The molecule has 3 amide bonds. The number of alkyl halides is 3. The van der Waals surface area contributed by atoms with E-state index in [1.807, 2.05) is 4.90 Å². The Labute approximate surface area is 135 Å². The number of amides is 3. The molecular formula is C14H16F3N5O2. The molecule has 10 heteroatoms. The van der Waals surface area contributed by atoms with Crippen LogP contribution in [0.1, 0.15) is 23.6 Å². The zero-order valence-corrected chi connectivity index (χ0v) is 12.6. The Balaban J connectivity index is 2.01. The quantitative estimate of drug-likeness (QED) is 0.739. The van der Waals surface area contributed by atoms with Gasteiger partial charge in [-0.05, 0) is 6.07 Å². The van der Waals surface area contributed by atoms with Gasteiger partial charge in [-0.3, -0.25) is 10.1 Å². The number of carbonyl (C=O) groups excluding carboxylic acids is 2. The highest BCUT2D eigenvalue weighted by Crippen LogP contribution is 2.35. The zero-order valence-electron chi connectivity index (χ0n) is 12.6. The molecule has 2 saturated heterocycles. The molecule has 1 unspecified atom stereocenters. The number of hydrogen-bond donors (Lipinski definition) is 3. The van der Waals surface area contributed by atoms with E-state index in [4.69, 9.17) is 0 Å². The Hall–Kier alpha value is -2.36. The average molecular weight is 343 g/mol. The summed E-state index contributed by atoms with van der Waals surface area (Å²) in [5, 5.41) is 7.72. The van der Waals surface area contributed by atoms with Crippen molar-refractivity contribution in [1.82, 2.24) is 20.9 Å². The van der Waals surface area contributed by atoms with Gasteiger partial charge in [-0.25, -0.2) is 9.78 Å². The summed E-state index contributed by atoms with van der Waals surface area (Å²) in [5.41, 5.74) is -0.702. The molecule has 2 aliphatic rings. The number of hydrogen-bond acceptors (Lipinski definition) is 5. The van der Waals surface area contributed by atoms with Crippen LogP contribution in [-0.4, -0.2) is 43.1 Å². The number of halogens is 3. The molecule has 3 heterocycles. The summed E-state index contributed by atoms with van der Waals surface area (Å²) in [5.74, 6) is -0.170. The number of imide groups is 1. The van der Waals surface area contributed by atoms with Gasteiger partial charge in [-0.2, -0.15) is 13.2 Å². The second-order valence-corrected chi connectivity index (χ2v) is 5.65. The number of piperazine rings is 1. The van der Waals surface area contributed by atoms with Gasteiger partial charge in [0.05, 0.1) is 18.0 Å². The number of carbonyl (C=O) groups is 2. The number of rotatable bonds is 2. The zero-order chi connectivity index (χ0) is 17.3. The van der Waals surface area contributed by atoms with Gasteiger partial charge in [0, 0.05) is 37.9 Å². The first-order valence-electron chi connectivity index (χ1n) is 7.48. The van der Waals surface area contributed by atoms with Crippen LogP contribution in [0.5, 0.6) is 0 Å². The molecule has 2 fully saturated rings. The number of anilines is 1. The molecule has 24 heavy (non-hydrogen) atoms. The fraction of sp³-hybridized carbons (Fsp3) is 0.500. The van der Waals surface area contributed by atoms with Crippen molar-refractivity contribution < 1.29 is 22.8 Å². The summed E-state index contributed by atoms with van der Waals surface area (Å²) in [4.78, 5) is 28.9. The molecule has 3 rings (SSSR count). The molecule has 130 valence electrons. The van der Waals surface area contributed by atoms with Gasteiger partial charge >= 0.3 is 12.2 Å². The third-order valence-corrected chi connectivity index (χ3v) is 3.96. The van der Waals surface area contributed by atoms with Crippen LogP contribution in [0.3, 0.4) is 0 Å². The van der Waals surface area contributed by atoms with E-state index in [1.165, 1.54) is 0 Å². The van der Waals surface area contributed by atoms with Gasteiger partial charge < -0.3 is 15.5 Å². The fourth-order valence-corrected chi connectivity index (χ4v) is 2.82. The topological polar surface area (TPSA) is 86.4 Å². The van der Waals surface area contributed by atoms with Crippen LogP contribution in [-0.2, 0) is 11.0 Å². The fourth-order valence-electron chi connectivity index (χ4n) is 2.82. The van der Waals surface area contributed by atoms with E-state index >= 15 is 0 Å². The normalized spacial score (nSPS) is 22.1. The number of pyridine rings is 1. The molecule has 0 bridgehead atoms. The highest BCUT2D eigenvalue weighted by Gasteiger charge is 2.35. The Kier molecular flexibility index (Phi) is 4.31. The Morgan fingerprint density at radius 3 is 2.54 bits per heavy atom. The highest BCUT2D eigenvalue weighted by molar-refractivity contribution is 5.97. The molecule has 0 aliphatic carbocycles. The van der Waals surface area contributed by atoms with Crippen molar-refractivity contribution in [2.24, 2.45) is 0 Å². The first-order valence-corrected chi connectivity index (χ1v) is 7.48. The maximum atomic E-state index is 13.0. The van der Waals surface area contributed by atoms with Crippen molar-refractivity contribution in [1.29, 1.82) is 0 Å². The van der Waals surface area contributed by atoms with Crippen LogP contribution in [0.2, 0.25) is 0 Å². The molecule has 0 saturated carbocycles. The standard InChI is InChI=1S/C14H16F3N5O2/c15-14(16,17)8-5-9(10-6-11(23)21-13(24)20-10)12(19-7-8)22-3-1-18-2-4-22/h5,7,10,18H,1-4,6H2,(H2,20,21,23,24). The predicted octanol–water partition coefficient (Wildman–Crippen LogP) is 0.781. The minimum atomic E-state index is -4.55. The summed E-state index contributed by atoms with van der Waals surface area (Å²) in [7, 11) is 0. The van der Waals surface area contributed by atoms with E-state index < -0.39 is 29.7 Å². The monoisotopic (exact) mass is 343 g/mol. The summed E-state index contributed by atoms with van der Waals surface area (Å²) in [6.45, 7) is 2.52. The van der Waals surface area contributed by atoms with Crippen LogP contribution in [0.15, 0.2) is 12.3 Å². The lowest BCUT2D eigenvalue weighted by Crippen LogP contribution is -2.49. The maximum Gasteiger partial charge on any atom is 0.417 e. The Morgan fingerprint density at radius 2 is 1.92 bits per heavy atom. The maximum absolute atomic E-state index is 13.0. The minimum absolute atomic E-state index is 0.131. The van der Waals surface area contributed by atoms with Crippen LogP contribution < -0.4 is 20.9 Å². The molecule has 1 aromatic heterocycles. The third-order valence-electron chi connectivity index (χ3n) is 3.96. The first-order chi connectivity index (χ1) is 11.3. The lowest BCUT2D eigenvalue weighted by atomic mass is 10.00. The molecule has 1 atom stereocenters. The van der Waals surface area contributed by atoms with Crippen molar-refractivity contribution in [3.8, 4) is 0 Å². The van der Waals surface area contributed by atoms with Crippen LogP contribution in [0, 0.1) is 0 Å². The summed E-state index contributed by atoms with van der Waals surface area (Å²) in [6.07, 6.45) is -3.90. The SMILES string of the molecule is O=C1CC(c2cc(C(F)(F)F)cnc2N2CCNCC2)NC(=O)N1. The number of urea groups is 1. The molecule has 2 aliphatic heterocycles. The lowest BCUT2D eigenvalue weighted by Gasteiger charge is -2.33. The summed E-state index contributed by atoms with van der Waals surface area (Å²) in [6, 6.07) is -0.598. The van der Waals surface area contributed by atoms with Crippen LogP contribution in [0.4, 0.5) is 23.8 Å². The minimum Gasteiger partial charge on any atom is -0.354 e. The van der Waals surface area contributed by atoms with Gasteiger partial charge in [-0.15, -0.1) is 0 Å². The average Bonchev–Trinajstić information content (AvgIpc) is 2.53. The van der Waals surface area contributed by atoms with Gasteiger partial charge in [-0.1, -0.05) is 0 Å². The molecule has 7 nitrogen and oxygen atoms in total. The van der Waals surface area contributed by atoms with Gasteiger partial charge in [0.15, 0.2) is 0 Å². The molecule has 3 N–H and O–H groups in total. The number of aromatic nitrogens is 1. The van der Waals surface area contributed by atoms with E-state index in [0.29, 0.717) is 32.0 Å². The van der Waals surface area contributed by atoms with E-state index in [1.54, 1.807) is 0 Å². The van der Waals surface area contributed by atoms with Gasteiger partial charge in [0.2, 0.25) is 5.91 Å². The lowest BCUT2D eigenvalue weighted by molar-refractivity contribution is -0.137. The third kappa shape index (κ3) is 3.42. The van der Waals surface area contributed by atoms with E-state index in [9.17, 15) is 22.8 Å². The van der Waals surface area contributed by atoms with Crippen molar-refractivity contribution >= 4 is 17.8 Å². The van der Waals surface area contributed by atoms with Gasteiger partial charge in [0.25, 0.3) is 0 Å². The predicted molar refractivity (Wildman–Crippen MR) is 78.4 cm³/mol. The second kappa shape index (κ2) is 6.27. The molecular weight excluding hydrogens is 327 g/mol. The second-order valence-electron chi connectivity index (χ2n) is 5.65. The van der Waals surface area contributed by atoms with Crippen molar-refractivity contribution in [3.05, 3.63) is 23.4 Å². The summed E-state index contributed by atoms with van der Waals surface area (Å²) >= 11 is 0. The molecule has 0 aromatic carbocycles. The number of nitrogens with one attached hydrogen (secondary N) is 3. The van der Waals surface area contributed by atoms with Gasteiger partial charge in [0.1, 0.15) is 5.82 Å².